The van der Waals surface area contributed by atoms with Crippen molar-refractivity contribution in [1.29, 1.82) is 5.26 Å². The molecule has 6 atom stereocenters. The number of rotatable bonds is 26. The van der Waals surface area contributed by atoms with Crippen LogP contribution in [0, 0.1) is 23.2 Å². The van der Waals surface area contributed by atoms with Crippen molar-refractivity contribution >= 4 is 122 Å². The molecule has 9 nitrogen and oxygen atoms in total. The van der Waals surface area contributed by atoms with E-state index in [9.17, 15) is 24.3 Å². The quantitative estimate of drug-likeness (QED) is 0.0276. The number of hydrogen-bond acceptors (Lipinski definition) is 15. The van der Waals surface area contributed by atoms with Gasteiger partial charge in [0.05, 0.1) is 54.5 Å². The highest BCUT2D eigenvalue weighted by atomic mass is 32.2. The van der Waals surface area contributed by atoms with Gasteiger partial charge in [0.1, 0.15) is 11.6 Å². The first kappa shape index (κ1) is 64.4. The first-order chi connectivity index (χ1) is 34.5. The van der Waals surface area contributed by atoms with E-state index in [4.69, 9.17) is 14.4 Å². The number of ketones is 2. The van der Waals surface area contributed by atoms with Gasteiger partial charge in [0, 0.05) is 38.9 Å². The Morgan fingerprint density at radius 2 is 1.21 bits per heavy atom. The lowest BCUT2D eigenvalue weighted by molar-refractivity contribution is -0.138. The molecule has 2 unspecified atom stereocenters. The molecule has 73 heavy (non-hydrogen) atoms. The number of fused-ring (bicyclic) bond motifs is 2. The second kappa shape index (κ2) is 34.0. The zero-order chi connectivity index (χ0) is 52.5. The number of carbonyl (C=O) groups is 4. The van der Waals surface area contributed by atoms with E-state index in [0.29, 0.717) is 42.3 Å². The smallest absolute Gasteiger partial charge is 0.315 e. The molecule has 16 heteroatoms. The van der Waals surface area contributed by atoms with E-state index < -0.39 is 14.4 Å². The molecule has 402 valence electrons. The van der Waals surface area contributed by atoms with Gasteiger partial charge >= 0.3 is 11.9 Å². The van der Waals surface area contributed by atoms with E-state index >= 15 is 0 Å². The molecule has 0 radical (unpaired) electrons. The highest BCUT2D eigenvalue weighted by molar-refractivity contribution is 8.01. The Hall–Kier alpha value is -2.85. The summed E-state index contributed by atoms with van der Waals surface area (Å²) >= 11 is 10.3. The maximum atomic E-state index is 12.7. The Morgan fingerprint density at radius 3 is 1.64 bits per heavy atom. The van der Waals surface area contributed by atoms with Crippen LogP contribution in [0.4, 0.5) is 0 Å². The molecule has 2 heterocycles. The first-order valence-corrected chi connectivity index (χ1v) is 34.0. The minimum Gasteiger partial charge on any atom is -0.468 e. The van der Waals surface area contributed by atoms with E-state index in [1.165, 1.54) is 51.1 Å². The second-order valence-electron chi connectivity index (χ2n) is 19.4. The van der Waals surface area contributed by atoms with Crippen LogP contribution in [0.15, 0.2) is 85.0 Å². The molecule has 0 amide bonds. The molecule has 0 spiro atoms. The number of allylic oxidation sites excluding steroid dienone is 2. The van der Waals surface area contributed by atoms with Crippen LogP contribution in [0.2, 0.25) is 18.1 Å². The highest BCUT2D eigenvalue weighted by Crippen LogP contribution is 2.40. The van der Waals surface area contributed by atoms with Gasteiger partial charge in [-0.1, -0.05) is 88.9 Å². The molecule has 2 saturated carbocycles. The first-order valence-electron chi connectivity index (χ1n) is 25.0. The molecule has 2 fully saturated rings. The highest BCUT2D eigenvalue weighted by Gasteiger charge is 2.39. The second-order valence-corrected chi connectivity index (χ2v) is 31.2. The third kappa shape index (κ3) is 22.7. The number of nitrogens with zero attached hydrogens (tertiary/aromatic N) is 1. The van der Waals surface area contributed by atoms with E-state index in [-0.39, 0.29) is 52.8 Å². The Balaban J connectivity index is 0.000000367. The van der Waals surface area contributed by atoms with Gasteiger partial charge in [-0.05, 0) is 139 Å². The Bertz CT molecular complexity index is 2340. The standard InChI is InChI=1S/C30H44O4S3Si.C24H30O4S3.C2H3N.CH4/c1-30(2,3)38(5,6)34-24(15-16-25-20-23-10-7-8-11-27(23)37-25)14-12-22-13-17-26(31)29(22)36-19-9-18-35-21-28(32)33-4;1-28-23(27)16-29-13-4-14-30-24-17(8-12-21(24)26)7-9-19(25)10-11-20-15-18-5-2-3-6-22(18)31-20;1-2-3;/h7-8,10-12,14,20,22,24,29H,9,13,15-19,21H2,1-6H3;2-3,5-7,9,15,17,19,24-25H,4,8,10-14,16H2,1H3;1H3;1H4/b14-12+;9-7+;;/t22-,24?,29+;17-,19?,24+;;/m00../s1. The van der Waals surface area contributed by atoms with Crippen LogP contribution < -0.4 is 0 Å². The number of hydrogen-bond donors (Lipinski definition) is 1. The van der Waals surface area contributed by atoms with Gasteiger partial charge in [-0.15, -0.1) is 46.2 Å². The van der Waals surface area contributed by atoms with Crippen LogP contribution in [0.1, 0.15) is 96.2 Å². The predicted octanol–water partition coefficient (Wildman–Crippen LogP) is 14.5. The molecule has 4 aromatic rings. The van der Waals surface area contributed by atoms with Gasteiger partial charge in [0.2, 0.25) is 0 Å². The average Bonchev–Trinajstić information content (AvgIpc) is 4.15. The summed E-state index contributed by atoms with van der Waals surface area (Å²) in [4.78, 5) is 50.1. The maximum absolute atomic E-state index is 12.7. The van der Waals surface area contributed by atoms with Gasteiger partial charge in [0.15, 0.2) is 8.32 Å². The van der Waals surface area contributed by atoms with Gasteiger partial charge in [-0.25, -0.2) is 0 Å². The zero-order valence-corrected chi connectivity index (χ0v) is 49.5. The molecular weight excluding hydrogens is 1050 g/mol. The molecular formula is C57H81NO8S6Si. The summed E-state index contributed by atoms with van der Waals surface area (Å²) in [7, 11) is 0.877. The third-order valence-corrected chi connectivity index (χ3v) is 24.8. The summed E-state index contributed by atoms with van der Waals surface area (Å²) in [6.07, 6.45) is 16.6. The maximum Gasteiger partial charge on any atom is 0.315 e. The number of esters is 2. The summed E-state index contributed by atoms with van der Waals surface area (Å²) < 4.78 is 18.9. The lowest BCUT2D eigenvalue weighted by Gasteiger charge is -2.38. The molecule has 2 aliphatic carbocycles. The minimum absolute atomic E-state index is 0. The third-order valence-electron chi connectivity index (χ3n) is 12.9. The number of ether oxygens (including phenoxy) is 2. The monoisotopic (exact) mass is 1130 g/mol. The zero-order valence-electron chi connectivity index (χ0n) is 43.6. The Kier molecular flexibility index (Phi) is 30.0. The predicted molar refractivity (Wildman–Crippen MR) is 321 cm³/mol. The lowest BCUT2D eigenvalue weighted by Crippen LogP contribution is -2.43. The van der Waals surface area contributed by atoms with Crippen molar-refractivity contribution in [2.45, 2.75) is 140 Å². The number of thiophene rings is 2. The number of benzene rings is 2. The number of aryl methyl sites for hydroxylation is 2. The fraction of sp³-hybridized carbons (Fsp3) is 0.561. The van der Waals surface area contributed by atoms with Crippen molar-refractivity contribution in [3.63, 3.8) is 0 Å². The topological polar surface area (TPSA) is 140 Å². The summed E-state index contributed by atoms with van der Waals surface area (Å²) in [5.74, 6) is 5.21. The number of thioether (sulfide) groups is 4. The van der Waals surface area contributed by atoms with Crippen molar-refractivity contribution in [2.75, 3.05) is 48.7 Å². The van der Waals surface area contributed by atoms with Crippen LogP contribution in [-0.4, -0.2) is 108 Å². The lowest BCUT2D eigenvalue weighted by atomic mass is 10.0. The van der Waals surface area contributed by atoms with Gasteiger partial charge in [-0.3, -0.25) is 19.2 Å². The molecule has 2 aliphatic rings. The summed E-state index contributed by atoms with van der Waals surface area (Å²) in [5, 5.41) is 20.5. The van der Waals surface area contributed by atoms with E-state index in [2.05, 4.69) is 117 Å². The van der Waals surface area contributed by atoms with Gasteiger partial charge in [-0.2, -0.15) is 28.8 Å². The van der Waals surface area contributed by atoms with Gasteiger partial charge < -0.3 is 19.0 Å². The molecule has 2 aromatic carbocycles. The number of aliphatic hydroxyl groups is 1. The summed E-state index contributed by atoms with van der Waals surface area (Å²) in [6, 6.07) is 23.2. The minimum atomic E-state index is -1.95. The number of Topliss-reactive ketones (excluding diaryl/α,β-unsaturated/α-hetero) is 2. The fourth-order valence-electron chi connectivity index (χ4n) is 7.96. The normalized spacial score (nSPS) is 18.7. The van der Waals surface area contributed by atoms with Crippen molar-refractivity contribution in [2.24, 2.45) is 11.8 Å². The molecule has 6 rings (SSSR count). The number of methoxy groups -OCH3 is 2. The van der Waals surface area contributed by atoms with Crippen molar-refractivity contribution in [3.8, 4) is 6.07 Å². The van der Waals surface area contributed by atoms with Crippen LogP contribution >= 0.6 is 69.7 Å². The van der Waals surface area contributed by atoms with Crippen LogP contribution in [0.3, 0.4) is 0 Å². The number of nitriles is 1. The molecule has 0 bridgehead atoms. The summed E-state index contributed by atoms with van der Waals surface area (Å²) in [5.41, 5.74) is 0. The van der Waals surface area contributed by atoms with E-state index in [1.54, 1.807) is 64.5 Å². The molecule has 0 saturated heterocycles. The molecule has 0 aliphatic heterocycles. The number of aliphatic hydroxyl groups excluding tert-OH is 1. The SMILES string of the molecule is C.CC#N.COC(=O)CSCCCS[C@H]1C(=O)CC[C@@H]1/C=C/C(CCc1cc2ccccc2s1)O[Si](C)(C)C(C)(C)C.COC(=O)CSCCCS[C@H]1C(=O)CC[C@@H]1/C=C/C(O)CCc1cc2ccccc2s1. The largest absolute Gasteiger partial charge is 0.468 e. The van der Waals surface area contributed by atoms with Crippen LogP contribution in [0.5, 0.6) is 0 Å². The molecule has 2 aromatic heterocycles. The van der Waals surface area contributed by atoms with Crippen LogP contribution in [0.25, 0.3) is 20.2 Å². The molecule has 1 N–H and O–H groups in total. The van der Waals surface area contributed by atoms with E-state index in [1.807, 2.05) is 17.4 Å². The van der Waals surface area contributed by atoms with Crippen molar-refractivity contribution < 1.29 is 38.2 Å². The Labute approximate surface area is 463 Å². The van der Waals surface area contributed by atoms with Gasteiger partial charge in [0.25, 0.3) is 0 Å². The fourth-order valence-corrected chi connectivity index (χ4v) is 16.0. The van der Waals surface area contributed by atoms with E-state index in [0.717, 1.165) is 68.0 Å². The van der Waals surface area contributed by atoms with Crippen molar-refractivity contribution in [3.05, 3.63) is 94.7 Å². The Morgan fingerprint density at radius 1 is 0.767 bits per heavy atom. The number of carbonyl (C=O) groups excluding carboxylic acids is 4. The summed E-state index contributed by atoms with van der Waals surface area (Å²) in [6.45, 7) is 12.9. The average molecular weight is 1130 g/mol. The van der Waals surface area contributed by atoms with Crippen LogP contribution in [-0.2, 0) is 45.9 Å². The van der Waals surface area contributed by atoms with Crippen molar-refractivity contribution in [1.82, 2.24) is 0 Å².